The Morgan fingerprint density at radius 2 is 0.906 bits per heavy atom. The molecular formula is C54H105N2O7P. The number of carbonyl (C=O) groups is 2. The molecule has 3 atom stereocenters. The van der Waals surface area contributed by atoms with Crippen molar-refractivity contribution in [2.75, 3.05) is 40.9 Å². The van der Waals surface area contributed by atoms with E-state index in [0.717, 1.165) is 70.6 Å². The lowest BCUT2D eigenvalue weighted by Crippen LogP contribution is -2.47. The summed E-state index contributed by atoms with van der Waals surface area (Å²) in [5.74, 6) is -0.552. The highest BCUT2D eigenvalue weighted by atomic mass is 31.2. The summed E-state index contributed by atoms with van der Waals surface area (Å²) in [6.07, 6.45) is 49.9. The van der Waals surface area contributed by atoms with Gasteiger partial charge >= 0.3 is 5.97 Å². The van der Waals surface area contributed by atoms with Gasteiger partial charge in [-0.1, -0.05) is 212 Å². The minimum atomic E-state index is -4.69. The fourth-order valence-electron chi connectivity index (χ4n) is 7.87. The first-order valence-electron chi connectivity index (χ1n) is 27.1. The van der Waals surface area contributed by atoms with Crippen molar-refractivity contribution >= 4 is 19.7 Å². The number of nitrogens with one attached hydrogen (secondary N) is 1. The van der Waals surface area contributed by atoms with Gasteiger partial charge in [-0.2, -0.15) is 0 Å². The molecule has 64 heavy (non-hydrogen) atoms. The molecule has 0 saturated heterocycles. The average molecular weight is 925 g/mol. The third kappa shape index (κ3) is 45.6. The highest BCUT2D eigenvalue weighted by Gasteiger charge is 2.27. The summed E-state index contributed by atoms with van der Waals surface area (Å²) in [5.41, 5.74) is 0. The standard InChI is InChI=1S/C54H105N2O7P/c1-7-10-13-16-19-22-25-27-29-31-34-37-40-43-46-53(57)55-51(50-62-64(59,60)61-49-48-56(4,5)6)52(45-42-39-36-33-30-24-21-18-15-12-9-3)63-54(58)47-44-41-38-35-32-28-26-23-20-17-14-11-8-2/h29,31,42,45,51-52H,7-28,30,32-41,43-44,46-50H2,1-6H3,(H-,55,57,59,60)/b31-29-,45-42+. The van der Waals surface area contributed by atoms with Gasteiger partial charge in [-0.15, -0.1) is 0 Å². The van der Waals surface area contributed by atoms with E-state index in [9.17, 15) is 19.0 Å². The van der Waals surface area contributed by atoms with Crippen molar-refractivity contribution < 1.29 is 37.3 Å². The summed E-state index contributed by atoms with van der Waals surface area (Å²) in [6.45, 7) is 6.82. The van der Waals surface area contributed by atoms with Gasteiger partial charge in [0.15, 0.2) is 0 Å². The van der Waals surface area contributed by atoms with Gasteiger partial charge in [-0.05, 0) is 57.4 Å². The lowest BCUT2D eigenvalue weighted by Gasteiger charge is -2.30. The number of esters is 1. The first kappa shape index (κ1) is 62.5. The molecule has 1 N–H and O–H groups in total. The van der Waals surface area contributed by atoms with Gasteiger partial charge in [0.25, 0.3) is 7.82 Å². The summed E-state index contributed by atoms with van der Waals surface area (Å²) in [6, 6.07) is -0.888. The molecule has 0 rings (SSSR count). The van der Waals surface area contributed by atoms with Crippen LogP contribution in [-0.4, -0.2) is 69.4 Å². The topological polar surface area (TPSA) is 114 Å². The van der Waals surface area contributed by atoms with E-state index >= 15 is 0 Å². The van der Waals surface area contributed by atoms with Crippen LogP contribution in [0.3, 0.4) is 0 Å². The first-order chi connectivity index (χ1) is 30.9. The molecule has 1 amide bonds. The van der Waals surface area contributed by atoms with Crippen LogP contribution in [0.4, 0.5) is 0 Å². The van der Waals surface area contributed by atoms with Crippen molar-refractivity contribution in [3.05, 3.63) is 24.3 Å². The number of carbonyl (C=O) groups excluding carboxylic acids is 2. The number of quaternary nitrogens is 1. The van der Waals surface area contributed by atoms with Gasteiger partial charge in [0.1, 0.15) is 19.3 Å². The quantitative estimate of drug-likeness (QED) is 0.0212. The monoisotopic (exact) mass is 925 g/mol. The fourth-order valence-corrected chi connectivity index (χ4v) is 8.59. The van der Waals surface area contributed by atoms with Crippen LogP contribution in [0.25, 0.3) is 0 Å². The second kappa shape index (κ2) is 45.3. The van der Waals surface area contributed by atoms with Crippen LogP contribution in [-0.2, 0) is 27.9 Å². The van der Waals surface area contributed by atoms with Crippen LogP contribution < -0.4 is 10.2 Å². The highest BCUT2D eigenvalue weighted by molar-refractivity contribution is 7.45. The summed E-state index contributed by atoms with van der Waals surface area (Å²) < 4.78 is 30.1. The molecule has 378 valence electrons. The summed E-state index contributed by atoms with van der Waals surface area (Å²) in [4.78, 5) is 39.7. The van der Waals surface area contributed by atoms with E-state index in [1.807, 2.05) is 33.3 Å². The smallest absolute Gasteiger partial charge is 0.306 e. The van der Waals surface area contributed by atoms with E-state index in [4.69, 9.17) is 13.8 Å². The molecule has 9 nitrogen and oxygen atoms in total. The average Bonchev–Trinajstić information content (AvgIpc) is 3.25. The molecule has 0 fully saturated rings. The number of unbranched alkanes of at least 4 members (excludes halogenated alkanes) is 31. The maximum atomic E-state index is 13.4. The number of likely N-dealkylation sites (N-methyl/N-ethyl adjacent to an activating group) is 1. The minimum Gasteiger partial charge on any atom is -0.756 e. The number of rotatable bonds is 49. The molecule has 0 radical (unpaired) electrons. The molecule has 0 saturated carbocycles. The van der Waals surface area contributed by atoms with Crippen molar-refractivity contribution in [1.82, 2.24) is 5.32 Å². The maximum Gasteiger partial charge on any atom is 0.306 e. The molecule has 0 aromatic rings. The number of amides is 1. The van der Waals surface area contributed by atoms with Gasteiger partial charge in [-0.25, -0.2) is 0 Å². The zero-order valence-corrected chi connectivity index (χ0v) is 43.9. The Morgan fingerprint density at radius 3 is 1.34 bits per heavy atom. The molecule has 0 aromatic heterocycles. The zero-order valence-electron chi connectivity index (χ0n) is 43.0. The second-order valence-corrected chi connectivity index (χ2v) is 21.1. The van der Waals surface area contributed by atoms with Crippen LogP contribution in [0.15, 0.2) is 24.3 Å². The molecule has 0 aromatic carbocycles. The lowest BCUT2D eigenvalue weighted by atomic mass is 10.0. The molecular weight excluding hydrogens is 820 g/mol. The third-order valence-corrected chi connectivity index (χ3v) is 13.1. The number of hydrogen-bond donors (Lipinski definition) is 1. The lowest BCUT2D eigenvalue weighted by molar-refractivity contribution is -0.870. The number of allylic oxidation sites excluding steroid dienone is 3. The molecule has 3 unspecified atom stereocenters. The fraction of sp³-hybridized carbons (Fsp3) is 0.889. The molecule has 0 heterocycles. The predicted octanol–water partition coefficient (Wildman–Crippen LogP) is 15.2. The third-order valence-electron chi connectivity index (χ3n) is 12.1. The minimum absolute atomic E-state index is 0.0220. The number of hydrogen-bond acceptors (Lipinski definition) is 7. The van der Waals surface area contributed by atoms with E-state index < -0.39 is 20.0 Å². The number of ether oxygens (including phenoxy) is 1. The summed E-state index contributed by atoms with van der Waals surface area (Å²) in [7, 11) is 1.18. The van der Waals surface area contributed by atoms with Gasteiger partial charge in [-0.3, -0.25) is 14.2 Å². The van der Waals surface area contributed by atoms with Gasteiger partial charge < -0.3 is 28.5 Å². The van der Waals surface area contributed by atoms with E-state index in [-0.39, 0.29) is 31.5 Å². The zero-order chi connectivity index (χ0) is 47.3. The second-order valence-electron chi connectivity index (χ2n) is 19.7. The molecule has 0 aliphatic carbocycles. The van der Waals surface area contributed by atoms with Gasteiger partial charge in [0.05, 0.1) is 33.8 Å². The van der Waals surface area contributed by atoms with Gasteiger partial charge in [0, 0.05) is 12.8 Å². The Balaban J connectivity index is 5.39. The molecule has 0 aliphatic rings. The van der Waals surface area contributed by atoms with Crippen molar-refractivity contribution in [2.45, 2.75) is 270 Å². The van der Waals surface area contributed by atoms with Gasteiger partial charge in [0.2, 0.25) is 5.91 Å². The predicted molar refractivity (Wildman–Crippen MR) is 270 cm³/mol. The SMILES string of the molecule is CCCCCCCCC/C=C\CCCCCC(=O)NC(COP(=O)([O-])OCC[N+](C)(C)C)C(/C=C/CCCCCCCCCCC)OC(=O)CCCCCCCCCCCCCCC. The van der Waals surface area contributed by atoms with E-state index in [1.54, 1.807) is 0 Å². The van der Waals surface area contributed by atoms with Crippen LogP contribution >= 0.6 is 7.82 Å². The summed E-state index contributed by atoms with van der Waals surface area (Å²) >= 11 is 0. The Morgan fingerprint density at radius 1 is 0.531 bits per heavy atom. The number of nitrogens with zero attached hydrogens (tertiary/aromatic N) is 1. The van der Waals surface area contributed by atoms with Crippen LogP contribution in [0.2, 0.25) is 0 Å². The Bertz CT molecular complexity index is 1160. The molecule has 10 heteroatoms. The molecule has 0 aliphatic heterocycles. The van der Waals surface area contributed by atoms with E-state index in [2.05, 4.69) is 38.2 Å². The van der Waals surface area contributed by atoms with Crippen LogP contribution in [0, 0.1) is 0 Å². The highest BCUT2D eigenvalue weighted by Crippen LogP contribution is 2.38. The van der Waals surface area contributed by atoms with Crippen LogP contribution in [0.5, 0.6) is 0 Å². The van der Waals surface area contributed by atoms with Crippen molar-refractivity contribution in [3.8, 4) is 0 Å². The van der Waals surface area contributed by atoms with Crippen molar-refractivity contribution in [3.63, 3.8) is 0 Å². The summed E-state index contributed by atoms with van der Waals surface area (Å²) in [5, 5.41) is 3.00. The maximum absolute atomic E-state index is 13.4. The molecule has 0 bridgehead atoms. The van der Waals surface area contributed by atoms with Crippen molar-refractivity contribution in [1.29, 1.82) is 0 Å². The molecule has 0 spiro atoms. The number of phosphoric acid groups is 1. The number of phosphoric ester groups is 1. The van der Waals surface area contributed by atoms with E-state index in [1.165, 1.54) is 154 Å². The Kier molecular flexibility index (Phi) is 44.2. The Hall–Kier alpha value is -1.51. The van der Waals surface area contributed by atoms with Crippen molar-refractivity contribution in [2.24, 2.45) is 0 Å². The first-order valence-corrected chi connectivity index (χ1v) is 28.6. The Labute approximate surface area is 396 Å². The normalized spacial score (nSPS) is 14.0. The van der Waals surface area contributed by atoms with E-state index in [0.29, 0.717) is 17.4 Å². The largest absolute Gasteiger partial charge is 0.756 e. The van der Waals surface area contributed by atoms with Crippen LogP contribution in [0.1, 0.15) is 258 Å².